The Balaban J connectivity index is 1.82. The van der Waals surface area contributed by atoms with Gasteiger partial charge in [-0.3, -0.25) is 14.7 Å². The number of aromatic nitrogens is 2. The van der Waals surface area contributed by atoms with Crippen molar-refractivity contribution in [3.63, 3.8) is 0 Å². The average molecular weight is 394 g/mol. The number of aryl methyl sites for hydroxylation is 1. The van der Waals surface area contributed by atoms with Gasteiger partial charge in [-0.25, -0.2) is 4.39 Å². The van der Waals surface area contributed by atoms with Crippen LogP contribution in [0.4, 0.5) is 4.39 Å². The van der Waals surface area contributed by atoms with Crippen LogP contribution in [0.25, 0.3) is 11.3 Å². The van der Waals surface area contributed by atoms with E-state index in [9.17, 15) is 14.0 Å². The summed E-state index contributed by atoms with van der Waals surface area (Å²) in [5.41, 5.74) is 2.58. The Morgan fingerprint density at radius 2 is 1.76 bits per heavy atom. The van der Waals surface area contributed by atoms with E-state index in [1.807, 2.05) is 32.0 Å². The lowest BCUT2D eigenvalue weighted by atomic mass is 10.1. The van der Waals surface area contributed by atoms with E-state index in [0.717, 1.165) is 0 Å². The normalized spacial score (nSPS) is 11.9. The van der Waals surface area contributed by atoms with Gasteiger partial charge in [0.1, 0.15) is 17.6 Å². The molecule has 0 fully saturated rings. The van der Waals surface area contributed by atoms with E-state index >= 15 is 0 Å². The monoisotopic (exact) mass is 394 g/mol. The fourth-order valence-electron chi connectivity index (χ4n) is 2.91. The lowest BCUT2D eigenvalue weighted by Gasteiger charge is -2.20. The zero-order valence-electron chi connectivity index (χ0n) is 16.5. The van der Waals surface area contributed by atoms with Crippen LogP contribution in [0.15, 0.2) is 54.6 Å². The SMILES string of the molecule is Cc1cc(-c2cc(C(=O)N[C@H](C(=O)NC(C)C)c3ccccc3)[nH]n2)ccc1F. The number of nitrogens with zero attached hydrogens (tertiary/aromatic N) is 1. The van der Waals surface area contributed by atoms with Crippen molar-refractivity contribution in [3.05, 3.63) is 77.2 Å². The number of rotatable bonds is 6. The number of carbonyl (C=O) groups excluding carboxylic acids is 2. The van der Waals surface area contributed by atoms with Gasteiger partial charge in [0.05, 0.1) is 5.69 Å². The molecule has 0 aliphatic carbocycles. The Morgan fingerprint density at radius 1 is 1.03 bits per heavy atom. The summed E-state index contributed by atoms with van der Waals surface area (Å²) >= 11 is 0. The lowest BCUT2D eigenvalue weighted by Crippen LogP contribution is -2.42. The molecule has 0 saturated carbocycles. The van der Waals surface area contributed by atoms with E-state index in [-0.39, 0.29) is 23.5 Å². The van der Waals surface area contributed by atoms with Crippen LogP contribution in [0.1, 0.15) is 41.5 Å². The number of carbonyl (C=O) groups is 2. The van der Waals surface area contributed by atoms with Crippen molar-refractivity contribution < 1.29 is 14.0 Å². The van der Waals surface area contributed by atoms with Crippen molar-refractivity contribution in [3.8, 4) is 11.3 Å². The Hall–Kier alpha value is -3.48. The van der Waals surface area contributed by atoms with E-state index in [2.05, 4.69) is 20.8 Å². The summed E-state index contributed by atoms with van der Waals surface area (Å²) < 4.78 is 13.5. The van der Waals surface area contributed by atoms with E-state index in [4.69, 9.17) is 0 Å². The Morgan fingerprint density at radius 3 is 2.41 bits per heavy atom. The van der Waals surface area contributed by atoms with Crippen LogP contribution in [-0.2, 0) is 4.79 Å². The third-order valence-corrected chi connectivity index (χ3v) is 4.38. The molecule has 3 rings (SSSR count). The van der Waals surface area contributed by atoms with Crippen molar-refractivity contribution in [1.29, 1.82) is 0 Å². The third-order valence-electron chi connectivity index (χ3n) is 4.38. The molecule has 0 aliphatic rings. The molecule has 3 aromatic rings. The van der Waals surface area contributed by atoms with Crippen LogP contribution in [0.5, 0.6) is 0 Å². The van der Waals surface area contributed by atoms with Crippen LogP contribution in [0.2, 0.25) is 0 Å². The molecule has 2 aromatic carbocycles. The molecule has 6 nitrogen and oxygen atoms in total. The molecule has 29 heavy (non-hydrogen) atoms. The zero-order valence-corrected chi connectivity index (χ0v) is 16.5. The van der Waals surface area contributed by atoms with Gasteiger partial charge in [0.2, 0.25) is 5.91 Å². The van der Waals surface area contributed by atoms with Crippen molar-refractivity contribution in [2.24, 2.45) is 0 Å². The number of halogens is 1. The maximum absolute atomic E-state index is 13.5. The van der Waals surface area contributed by atoms with Gasteiger partial charge in [0.15, 0.2) is 0 Å². The first-order valence-electron chi connectivity index (χ1n) is 9.33. The second-order valence-corrected chi connectivity index (χ2v) is 7.11. The minimum atomic E-state index is -0.842. The molecular formula is C22H23FN4O2. The Labute approximate surface area is 168 Å². The summed E-state index contributed by atoms with van der Waals surface area (Å²) in [6.45, 7) is 5.37. The van der Waals surface area contributed by atoms with Gasteiger partial charge in [0, 0.05) is 11.6 Å². The largest absolute Gasteiger partial charge is 0.352 e. The number of hydrogen-bond donors (Lipinski definition) is 3. The van der Waals surface area contributed by atoms with Gasteiger partial charge < -0.3 is 10.6 Å². The highest BCUT2D eigenvalue weighted by molar-refractivity contribution is 5.97. The summed E-state index contributed by atoms with van der Waals surface area (Å²) in [6.07, 6.45) is 0. The highest BCUT2D eigenvalue weighted by atomic mass is 19.1. The molecule has 150 valence electrons. The molecule has 1 atom stereocenters. The minimum Gasteiger partial charge on any atom is -0.352 e. The van der Waals surface area contributed by atoms with Crippen molar-refractivity contribution in [2.75, 3.05) is 0 Å². The molecule has 0 unspecified atom stereocenters. The third kappa shape index (κ3) is 4.87. The maximum atomic E-state index is 13.5. The summed E-state index contributed by atoms with van der Waals surface area (Å²) in [6, 6.07) is 14.3. The standard InChI is InChI=1S/C22H23FN4O2/c1-13(2)24-22(29)20(15-7-5-4-6-8-15)25-21(28)19-12-18(26-27-19)16-9-10-17(23)14(3)11-16/h4-13,20H,1-3H3,(H,24,29)(H,25,28)(H,26,27)/t20-/m0/s1. The molecule has 2 amide bonds. The zero-order chi connectivity index (χ0) is 21.0. The number of hydrogen-bond acceptors (Lipinski definition) is 3. The predicted octanol–water partition coefficient (Wildman–Crippen LogP) is 3.52. The fourth-order valence-corrected chi connectivity index (χ4v) is 2.91. The highest BCUT2D eigenvalue weighted by Gasteiger charge is 2.24. The van der Waals surface area contributed by atoms with Gasteiger partial charge in [-0.05, 0) is 56.2 Å². The Bertz CT molecular complexity index is 1010. The van der Waals surface area contributed by atoms with Crippen LogP contribution in [-0.4, -0.2) is 28.1 Å². The molecule has 0 spiro atoms. The molecule has 7 heteroatoms. The minimum absolute atomic E-state index is 0.0638. The number of amides is 2. The van der Waals surface area contributed by atoms with E-state index in [1.165, 1.54) is 6.07 Å². The Kier molecular flexibility index (Phi) is 6.07. The van der Waals surface area contributed by atoms with E-state index < -0.39 is 11.9 Å². The number of H-pyrrole nitrogens is 1. The van der Waals surface area contributed by atoms with Gasteiger partial charge in [0.25, 0.3) is 5.91 Å². The van der Waals surface area contributed by atoms with Crippen molar-refractivity contribution in [1.82, 2.24) is 20.8 Å². The summed E-state index contributed by atoms with van der Waals surface area (Å²) in [5, 5.41) is 12.4. The molecule has 0 saturated heterocycles. The maximum Gasteiger partial charge on any atom is 0.270 e. The number of aromatic amines is 1. The fraction of sp³-hybridized carbons (Fsp3) is 0.227. The van der Waals surface area contributed by atoms with Gasteiger partial charge in [-0.1, -0.05) is 30.3 Å². The van der Waals surface area contributed by atoms with Gasteiger partial charge in [-0.15, -0.1) is 0 Å². The summed E-state index contributed by atoms with van der Waals surface area (Å²) in [7, 11) is 0. The molecular weight excluding hydrogens is 371 g/mol. The second-order valence-electron chi connectivity index (χ2n) is 7.11. The topological polar surface area (TPSA) is 86.9 Å². The molecule has 0 aliphatic heterocycles. The van der Waals surface area contributed by atoms with Crippen molar-refractivity contribution in [2.45, 2.75) is 32.9 Å². The molecule has 0 bridgehead atoms. The smallest absolute Gasteiger partial charge is 0.270 e. The summed E-state index contributed by atoms with van der Waals surface area (Å²) in [4.78, 5) is 25.4. The molecule has 3 N–H and O–H groups in total. The van der Waals surface area contributed by atoms with Crippen LogP contribution >= 0.6 is 0 Å². The van der Waals surface area contributed by atoms with Crippen molar-refractivity contribution >= 4 is 11.8 Å². The predicted molar refractivity (Wildman–Crippen MR) is 109 cm³/mol. The number of nitrogens with one attached hydrogen (secondary N) is 3. The number of benzene rings is 2. The van der Waals surface area contributed by atoms with Crippen LogP contribution in [0, 0.1) is 12.7 Å². The molecule has 1 heterocycles. The van der Waals surface area contributed by atoms with E-state index in [0.29, 0.717) is 22.4 Å². The molecule has 1 aromatic heterocycles. The highest BCUT2D eigenvalue weighted by Crippen LogP contribution is 2.21. The summed E-state index contributed by atoms with van der Waals surface area (Å²) in [5.74, 6) is -1.06. The van der Waals surface area contributed by atoms with Crippen LogP contribution < -0.4 is 10.6 Å². The lowest BCUT2D eigenvalue weighted by molar-refractivity contribution is -0.123. The van der Waals surface area contributed by atoms with Crippen LogP contribution in [0.3, 0.4) is 0 Å². The first-order valence-corrected chi connectivity index (χ1v) is 9.33. The first kappa shape index (κ1) is 20.3. The first-order chi connectivity index (χ1) is 13.8. The van der Waals surface area contributed by atoms with Gasteiger partial charge in [-0.2, -0.15) is 5.10 Å². The quantitative estimate of drug-likeness (QED) is 0.598. The second kappa shape index (κ2) is 8.68. The molecule has 0 radical (unpaired) electrons. The van der Waals surface area contributed by atoms with E-state index in [1.54, 1.807) is 37.3 Å². The average Bonchev–Trinajstić information content (AvgIpc) is 3.18. The van der Waals surface area contributed by atoms with Gasteiger partial charge >= 0.3 is 0 Å².